The maximum absolute atomic E-state index is 2.36. The summed E-state index contributed by atoms with van der Waals surface area (Å²) in [6.45, 7) is 2.21. The lowest BCUT2D eigenvalue weighted by Crippen LogP contribution is -1.71. The summed E-state index contributed by atoms with van der Waals surface area (Å²) in [6, 6.07) is 4.39. The highest BCUT2D eigenvalue weighted by Crippen LogP contribution is 2.18. The normalized spacial score (nSPS) is 10.0. The van der Waals surface area contributed by atoms with E-state index in [2.05, 4.69) is 41.6 Å². The van der Waals surface area contributed by atoms with Gasteiger partial charge in [-0.15, -0.1) is 11.3 Å². The third kappa shape index (κ3) is 2.26. The van der Waals surface area contributed by atoms with Crippen LogP contribution in [0.25, 0.3) is 0 Å². The molecule has 2 heteroatoms. The first-order valence-electron chi connectivity index (χ1n) is 3.07. The van der Waals surface area contributed by atoms with Gasteiger partial charge in [0.2, 0.25) is 0 Å². The fourth-order valence-electron chi connectivity index (χ4n) is 0.733. The lowest BCUT2D eigenvalue weighted by atomic mass is 10.3. The first-order valence-corrected chi connectivity index (χ1v) is 4.96. The van der Waals surface area contributed by atoms with E-state index in [1.807, 2.05) is 11.3 Å². The quantitative estimate of drug-likeness (QED) is 0.708. The monoisotopic (exact) mass is 252 g/mol. The predicted molar refractivity (Wildman–Crippen MR) is 51.0 cm³/mol. The molecule has 0 saturated carbocycles. The van der Waals surface area contributed by atoms with Gasteiger partial charge in [-0.1, -0.05) is 13.3 Å². The van der Waals surface area contributed by atoms with Gasteiger partial charge in [0.1, 0.15) is 0 Å². The Morgan fingerprint density at radius 1 is 1.56 bits per heavy atom. The molecule has 0 unspecified atom stereocenters. The highest BCUT2D eigenvalue weighted by atomic mass is 127. The van der Waals surface area contributed by atoms with Gasteiger partial charge in [0, 0.05) is 4.88 Å². The SMILES string of the molecule is CCCc1ccc(I)s1. The van der Waals surface area contributed by atoms with Crippen molar-refractivity contribution in [2.45, 2.75) is 19.8 Å². The first kappa shape index (κ1) is 7.54. The van der Waals surface area contributed by atoms with Crippen molar-refractivity contribution in [3.8, 4) is 0 Å². The van der Waals surface area contributed by atoms with Crippen LogP contribution >= 0.6 is 33.9 Å². The number of rotatable bonds is 2. The van der Waals surface area contributed by atoms with Crippen LogP contribution in [0.2, 0.25) is 0 Å². The number of aryl methyl sites for hydroxylation is 1. The van der Waals surface area contributed by atoms with Crippen LogP contribution in [-0.2, 0) is 6.42 Å². The minimum Gasteiger partial charge on any atom is -0.134 e. The molecule has 0 amide bonds. The summed E-state index contributed by atoms with van der Waals surface area (Å²) in [6.07, 6.45) is 2.50. The fourth-order valence-corrected chi connectivity index (χ4v) is 2.59. The van der Waals surface area contributed by atoms with Crippen molar-refractivity contribution in [3.63, 3.8) is 0 Å². The Bertz CT molecular complexity index is 181. The number of thiophene rings is 1. The summed E-state index contributed by atoms with van der Waals surface area (Å²) in [5.41, 5.74) is 0. The Morgan fingerprint density at radius 3 is 2.78 bits per heavy atom. The molecule has 0 spiro atoms. The average Bonchev–Trinajstić information content (AvgIpc) is 2.17. The van der Waals surface area contributed by atoms with Gasteiger partial charge in [0.15, 0.2) is 0 Å². The van der Waals surface area contributed by atoms with Crippen molar-refractivity contribution in [3.05, 3.63) is 19.9 Å². The van der Waals surface area contributed by atoms with Crippen molar-refractivity contribution >= 4 is 33.9 Å². The fraction of sp³-hybridized carbons (Fsp3) is 0.429. The van der Waals surface area contributed by atoms with Crippen LogP contribution in [0, 0.1) is 2.88 Å². The molecular formula is C7H9IS. The number of halogens is 1. The van der Waals surface area contributed by atoms with Crippen molar-refractivity contribution in [1.29, 1.82) is 0 Å². The molecule has 0 atom stereocenters. The van der Waals surface area contributed by atoms with E-state index in [1.165, 1.54) is 20.6 Å². The molecule has 0 N–H and O–H groups in total. The lowest BCUT2D eigenvalue weighted by molar-refractivity contribution is 0.940. The molecule has 0 aliphatic carbocycles. The summed E-state index contributed by atoms with van der Waals surface area (Å²) in [4.78, 5) is 1.52. The van der Waals surface area contributed by atoms with E-state index in [0.29, 0.717) is 0 Å². The molecule has 0 aliphatic rings. The Hall–Kier alpha value is 0.430. The van der Waals surface area contributed by atoms with Gasteiger partial charge in [-0.2, -0.15) is 0 Å². The van der Waals surface area contributed by atoms with Crippen LogP contribution in [0.5, 0.6) is 0 Å². The Balaban J connectivity index is 2.61. The van der Waals surface area contributed by atoms with Crippen molar-refractivity contribution in [2.75, 3.05) is 0 Å². The smallest absolute Gasteiger partial charge is 0.0656 e. The van der Waals surface area contributed by atoms with E-state index in [4.69, 9.17) is 0 Å². The zero-order valence-corrected chi connectivity index (χ0v) is 8.33. The van der Waals surface area contributed by atoms with E-state index in [-0.39, 0.29) is 0 Å². The Morgan fingerprint density at radius 2 is 2.33 bits per heavy atom. The standard InChI is InChI=1S/C7H9IS/c1-2-3-6-4-5-7(8)9-6/h4-5H,2-3H2,1H3. The molecule has 1 rings (SSSR count). The summed E-state index contributed by atoms with van der Waals surface area (Å²) >= 11 is 4.26. The second-order valence-corrected chi connectivity index (χ2v) is 5.02. The van der Waals surface area contributed by atoms with E-state index in [9.17, 15) is 0 Å². The number of hydrogen-bond acceptors (Lipinski definition) is 1. The molecule has 0 bridgehead atoms. The van der Waals surface area contributed by atoms with Crippen molar-refractivity contribution in [2.24, 2.45) is 0 Å². The molecule has 0 aromatic carbocycles. The molecule has 50 valence electrons. The van der Waals surface area contributed by atoms with E-state index < -0.39 is 0 Å². The van der Waals surface area contributed by atoms with E-state index in [0.717, 1.165) is 0 Å². The van der Waals surface area contributed by atoms with Crippen LogP contribution in [0.4, 0.5) is 0 Å². The zero-order valence-electron chi connectivity index (χ0n) is 5.36. The maximum Gasteiger partial charge on any atom is 0.0656 e. The first-order chi connectivity index (χ1) is 4.33. The molecule has 1 heterocycles. The second kappa shape index (κ2) is 3.56. The molecule has 0 saturated heterocycles. The average molecular weight is 252 g/mol. The maximum atomic E-state index is 2.36. The third-order valence-electron chi connectivity index (χ3n) is 1.13. The van der Waals surface area contributed by atoms with Gasteiger partial charge in [-0.25, -0.2) is 0 Å². The summed E-state index contributed by atoms with van der Waals surface area (Å²) in [7, 11) is 0. The molecule has 9 heavy (non-hydrogen) atoms. The zero-order chi connectivity index (χ0) is 6.69. The van der Waals surface area contributed by atoms with E-state index >= 15 is 0 Å². The second-order valence-electron chi connectivity index (χ2n) is 1.96. The van der Waals surface area contributed by atoms with Crippen molar-refractivity contribution in [1.82, 2.24) is 0 Å². The van der Waals surface area contributed by atoms with Gasteiger partial charge >= 0.3 is 0 Å². The third-order valence-corrected chi connectivity index (χ3v) is 3.08. The van der Waals surface area contributed by atoms with Crippen molar-refractivity contribution < 1.29 is 0 Å². The summed E-state index contributed by atoms with van der Waals surface area (Å²) in [5, 5.41) is 0. The molecule has 0 radical (unpaired) electrons. The van der Waals surface area contributed by atoms with E-state index in [1.54, 1.807) is 0 Å². The molecular weight excluding hydrogens is 243 g/mol. The van der Waals surface area contributed by atoms with Crippen LogP contribution in [-0.4, -0.2) is 0 Å². The molecule has 1 aromatic rings. The number of hydrogen-bond donors (Lipinski definition) is 0. The van der Waals surface area contributed by atoms with Gasteiger partial charge in [-0.05, 0) is 41.1 Å². The molecule has 0 nitrogen and oxygen atoms in total. The highest BCUT2D eigenvalue weighted by Gasteiger charge is 1.93. The van der Waals surface area contributed by atoms with Gasteiger partial charge in [0.25, 0.3) is 0 Å². The topological polar surface area (TPSA) is 0 Å². The van der Waals surface area contributed by atoms with Gasteiger partial charge in [-0.3, -0.25) is 0 Å². The molecule has 0 aliphatic heterocycles. The summed E-state index contributed by atoms with van der Waals surface area (Å²) in [5.74, 6) is 0. The minimum absolute atomic E-state index is 1.24. The predicted octanol–water partition coefficient (Wildman–Crippen LogP) is 3.31. The minimum atomic E-state index is 1.24. The van der Waals surface area contributed by atoms with Gasteiger partial charge < -0.3 is 0 Å². The summed E-state index contributed by atoms with van der Waals surface area (Å²) < 4.78 is 1.40. The van der Waals surface area contributed by atoms with Crippen LogP contribution in [0.15, 0.2) is 12.1 Å². The Kier molecular flexibility index (Phi) is 2.98. The van der Waals surface area contributed by atoms with Crippen LogP contribution < -0.4 is 0 Å². The lowest BCUT2D eigenvalue weighted by Gasteiger charge is -1.86. The molecule has 0 fully saturated rings. The Labute approximate surface area is 73.4 Å². The van der Waals surface area contributed by atoms with Gasteiger partial charge in [0.05, 0.1) is 2.88 Å². The van der Waals surface area contributed by atoms with Crippen LogP contribution in [0.1, 0.15) is 18.2 Å². The highest BCUT2D eigenvalue weighted by molar-refractivity contribution is 14.1. The largest absolute Gasteiger partial charge is 0.134 e. The molecule has 1 aromatic heterocycles. The van der Waals surface area contributed by atoms with Crippen LogP contribution in [0.3, 0.4) is 0 Å².